The summed E-state index contributed by atoms with van der Waals surface area (Å²) >= 11 is 5.95. The van der Waals surface area contributed by atoms with E-state index in [0.717, 1.165) is 25.8 Å². The van der Waals surface area contributed by atoms with Gasteiger partial charge in [-0.1, -0.05) is 17.7 Å². The summed E-state index contributed by atoms with van der Waals surface area (Å²) in [6, 6.07) is 4.17. The summed E-state index contributed by atoms with van der Waals surface area (Å²) in [6.45, 7) is 2.81. The van der Waals surface area contributed by atoms with Crippen molar-refractivity contribution in [1.82, 2.24) is 5.32 Å². The van der Waals surface area contributed by atoms with Crippen LogP contribution in [0.15, 0.2) is 18.2 Å². The molecule has 1 unspecified atom stereocenters. The molecule has 0 aromatic heterocycles. The molecule has 4 heteroatoms. The predicted molar refractivity (Wildman–Crippen MR) is 70.4 cm³/mol. The molecule has 2 nitrogen and oxygen atoms in total. The molecule has 0 spiro atoms. The van der Waals surface area contributed by atoms with Crippen molar-refractivity contribution in [3.05, 3.63) is 34.6 Å². The summed E-state index contributed by atoms with van der Waals surface area (Å²) in [5.74, 6) is -0.256. The number of hydrogen-bond donors (Lipinski definition) is 1. The molecule has 1 fully saturated rings. The maximum absolute atomic E-state index is 12.9. The van der Waals surface area contributed by atoms with Gasteiger partial charge < -0.3 is 5.32 Å². The van der Waals surface area contributed by atoms with Gasteiger partial charge in [0.2, 0.25) is 0 Å². The Hall–Kier alpha value is -0.930. The zero-order valence-electron chi connectivity index (χ0n) is 10.4. The Morgan fingerprint density at radius 2 is 2.28 bits per heavy atom. The van der Waals surface area contributed by atoms with Crippen LogP contribution in [0, 0.1) is 5.82 Å². The van der Waals surface area contributed by atoms with Crippen LogP contribution in [-0.4, -0.2) is 17.9 Å². The highest BCUT2D eigenvalue weighted by molar-refractivity contribution is 6.31. The summed E-state index contributed by atoms with van der Waals surface area (Å²) in [5, 5.41) is 3.60. The molecule has 0 saturated carbocycles. The van der Waals surface area contributed by atoms with E-state index in [1.54, 1.807) is 6.07 Å². The van der Waals surface area contributed by atoms with Crippen molar-refractivity contribution in [2.45, 2.75) is 38.1 Å². The number of piperidine rings is 1. The van der Waals surface area contributed by atoms with E-state index >= 15 is 0 Å². The molecule has 1 aromatic rings. The lowest BCUT2D eigenvalue weighted by Crippen LogP contribution is -2.52. The van der Waals surface area contributed by atoms with Gasteiger partial charge in [0.25, 0.3) is 0 Å². The third kappa shape index (κ3) is 2.90. The van der Waals surface area contributed by atoms with Crippen molar-refractivity contribution < 1.29 is 9.18 Å². The molecule has 98 valence electrons. The molecule has 1 saturated heterocycles. The second kappa shape index (κ2) is 5.37. The lowest BCUT2D eigenvalue weighted by Gasteiger charge is -2.33. The second-order valence-electron chi connectivity index (χ2n) is 5.05. The van der Waals surface area contributed by atoms with Crippen molar-refractivity contribution in [3.8, 4) is 0 Å². The Kier molecular flexibility index (Phi) is 4.03. The van der Waals surface area contributed by atoms with E-state index in [9.17, 15) is 9.18 Å². The molecule has 18 heavy (non-hydrogen) atoms. The van der Waals surface area contributed by atoms with E-state index in [1.807, 2.05) is 6.92 Å². The van der Waals surface area contributed by atoms with E-state index in [4.69, 9.17) is 11.6 Å². The largest absolute Gasteiger partial charge is 0.305 e. The van der Waals surface area contributed by atoms with Gasteiger partial charge in [0.05, 0.1) is 5.54 Å². The van der Waals surface area contributed by atoms with Crippen molar-refractivity contribution >= 4 is 17.4 Å². The van der Waals surface area contributed by atoms with Crippen LogP contribution < -0.4 is 5.32 Å². The minimum Gasteiger partial charge on any atom is -0.305 e. The Labute approximate surface area is 112 Å². The normalized spacial score (nSPS) is 23.9. The van der Waals surface area contributed by atoms with E-state index in [2.05, 4.69) is 5.32 Å². The van der Waals surface area contributed by atoms with Crippen LogP contribution in [0.3, 0.4) is 0 Å². The molecule has 2 rings (SSSR count). The molecule has 0 amide bonds. The van der Waals surface area contributed by atoms with Crippen LogP contribution in [0.4, 0.5) is 4.39 Å². The third-order valence-electron chi connectivity index (χ3n) is 3.60. The molecule has 1 N–H and O–H groups in total. The van der Waals surface area contributed by atoms with Gasteiger partial charge in [0, 0.05) is 11.4 Å². The first-order chi connectivity index (χ1) is 8.51. The molecule has 0 radical (unpaired) electrons. The summed E-state index contributed by atoms with van der Waals surface area (Å²) in [6.07, 6.45) is 3.28. The van der Waals surface area contributed by atoms with Crippen LogP contribution in [0.1, 0.15) is 31.7 Å². The third-order valence-corrected chi connectivity index (χ3v) is 3.95. The number of Topliss-reactive ketones (excluding diaryl/α,β-unsaturated/α-hetero) is 1. The maximum Gasteiger partial charge on any atom is 0.156 e. The smallest absolute Gasteiger partial charge is 0.156 e. The fourth-order valence-corrected chi connectivity index (χ4v) is 2.56. The van der Waals surface area contributed by atoms with E-state index in [-0.39, 0.29) is 18.0 Å². The van der Waals surface area contributed by atoms with Crippen LogP contribution in [0.5, 0.6) is 0 Å². The predicted octanol–water partition coefficient (Wildman–Crippen LogP) is 3.12. The lowest BCUT2D eigenvalue weighted by molar-refractivity contribution is -0.125. The minimum absolute atomic E-state index is 0.121. The zero-order chi connectivity index (χ0) is 13.2. The summed E-state index contributed by atoms with van der Waals surface area (Å²) in [4.78, 5) is 12.3. The molecule has 1 aromatic carbocycles. The van der Waals surface area contributed by atoms with Gasteiger partial charge in [-0.25, -0.2) is 4.39 Å². The number of carbonyl (C=O) groups is 1. The number of nitrogens with one attached hydrogen (secondary N) is 1. The number of halogens is 2. The molecular weight excluding hydrogens is 253 g/mol. The number of benzene rings is 1. The molecule has 1 atom stereocenters. The van der Waals surface area contributed by atoms with Gasteiger partial charge in [-0.15, -0.1) is 0 Å². The van der Waals surface area contributed by atoms with E-state index in [1.165, 1.54) is 12.1 Å². The van der Waals surface area contributed by atoms with Gasteiger partial charge in [-0.3, -0.25) is 4.79 Å². The minimum atomic E-state index is -0.462. The van der Waals surface area contributed by atoms with Crippen LogP contribution in [0.2, 0.25) is 5.02 Å². The molecule has 0 bridgehead atoms. The SMILES string of the molecule is CC1(C(=O)Cc2ccc(F)cc2Cl)CCCCN1. The number of carbonyl (C=O) groups excluding carboxylic acids is 1. The van der Waals surface area contributed by atoms with Gasteiger partial charge in [0.1, 0.15) is 5.82 Å². The first kappa shape index (κ1) is 13.5. The number of hydrogen-bond acceptors (Lipinski definition) is 2. The Morgan fingerprint density at radius 3 is 2.89 bits per heavy atom. The first-order valence-electron chi connectivity index (χ1n) is 6.23. The Morgan fingerprint density at radius 1 is 1.50 bits per heavy atom. The van der Waals surface area contributed by atoms with E-state index < -0.39 is 5.54 Å². The number of rotatable bonds is 3. The molecule has 1 aliphatic rings. The lowest BCUT2D eigenvalue weighted by atomic mass is 9.84. The monoisotopic (exact) mass is 269 g/mol. The molecular formula is C14H17ClFNO. The van der Waals surface area contributed by atoms with Crippen molar-refractivity contribution in [3.63, 3.8) is 0 Å². The van der Waals surface area contributed by atoms with Gasteiger partial charge in [-0.05, 0) is 50.4 Å². The van der Waals surface area contributed by atoms with Crippen molar-refractivity contribution in [2.75, 3.05) is 6.54 Å². The van der Waals surface area contributed by atoms with E-state index in [0.29, 0.717) is 10.6 Å². The topological polar surface area (TPSA) is 29.1 Å². The summed E-state index contributed by atoms with van der Waals surface area (Å²) in [5.41, 5.74) is 0.229. The fourth-order valence-electron chi connectivity index (χ4n) is 2.33. The quantitative estimate of drug-likeness (QED) is 0.913. The second-order valence-corrected chi connectivity index (χ2v) is 5.46. The fraction of sp³-hybridized carbons (Fsp3) is 0.500. The van der Waals surface area contributed by atoms with Crippen molar-refractivity contribution in [1.29, 1.82) is 0 Å². The first-order valence-corrected chi connectivity index (χ1v) is 6.61. The highest BCUT2D eigenvalue weighted by atomic mass is 35.5. The Bertz CT molecular complexity index is 455. The average molecular weight is 270 g/mol. The Balaban J connectivity index is 2.11. The summed E-state index contributed by atoms with van der Waals surface area (Å²) < 4.78 is 12.9. The summed E-state index contributed by atoms with van der Waals surface area (Å²) in [7, 11) is 0. The highest BCUT2D eigenvalue weighted by Gasteiger charge is 2.33. The van der Waals surface area contributed by atoms with Gasteiger partial charge >= 0.3 is 0 Å². The molecule has 0 aliphatic carbocycles. The maximum atomic E-state index is 12.9. The standard InChI is InChI=1S/C14H17ClFNO/c1-14(6-2-3-7-17-14)13(18)8-10-4-5-11(16)9-12(10)15/h4-5,9,17H,2-3,6-8H2,1H3. The average Bonchev–Trinajstić information content (AvgIpc) is 2.33. The zero-order valence-corrected chi connectivity index (χ0v) is 11.2. The van der Waals surface area contributed by atoms with Gasteiger partial charge in [-0.2, -0.15) is 0 Å². The van der Waals surface area contributed by atoms with Gasteiger partial charge in [0.15, 0.2) is 5.78 Å². The molecule has 1 aliphatic heterocycles. The van der Waals surface area contributed by atoms with Crippen LogP contribution in [-0.2, 0) is 11.2 Å². The van der Waals surface area contributed by atoms with Crippen LogP contribution >= 0.6 is 11.6 Å². The highest BCUT2D eigenvalue weighted by Crippen LogP contribution is 2.24. The molecule has 1 heterocycles. The number of ketones is 1. The van der Waals surface area contributed by atoms with Crippen LogP contribution in [0.25, 0.3) is 0 Å². The van der Waals surface area contributed by atoms with Crippen molar-refractivity contribution in [2.24, 2.45) is 0 Å².